The second-order valence-electron chi connectivity index (χ2n) is 7.36. The van der Waals surface area contributed by atoms with E-state index in [1.54, 1.807) is 0 Å². The summed E-state index contributed by atoms with van der Waals surface area (Å²) in [6, 6.07) is 3.67. The molecule has 6 N–H and O–H groups in total. The highest BCUT2D eigenvalue weighted by atomic mass is 31.2. The number of carbonyl (C=O) groups is 1. The molecule has 0 amide bonds. The van der Waals surface area contributed by atoms with E-state index in [-0.39, 0.29) is 28.3 Å². The predicted molar refractivity (Wildman–Crippen MR) is 114 cm³/mol. The second kappa shape index (κ2) is 9.58. The molecule has 1 aromatic carbocycles. The number of benzene rings is 1. The zero-order valence-electron chi connectivity index (χ0n) is 17.6. The zero-order valence-corrected chi connectivity index (χ0v) is 18.5. The summed E-state index contributed by atoms with van der Waals surface area (Å²) in [5.41, 5.74) is 6.46. The summed E-state index contributed by atoms with van der Waals surface area (Å²) in [6.45, 7) is -0.776. The largest absolute Gasteiger partial charge is 0.746 e. The van der Waals surface area contributed by atoms with Crippen LogP contribution in [0.1, 0.15) is 11.8 Å². The minimum absolute atomic E-state index is 0.0899. The lowest BCUT2D eigenvalue weighted by molar-refractivity contribution is -0.226. The Morgan fingerprint density at radius 2 is 2.00 bits per heavy atom. The number of imidazole rings is 1. The molecule has 4 rings (SSSR count). The third kappa shape index (κ3) is 5.24. The number of nitrogens with zero attached hydrogens (tertiary/aromatic N) is 4. The Labute approximate surface area is 196 Å². The number of hydrogen-bond donors (Lipinski definition) is 5. The fraction of sp³-hybridized carbons (Fsp3) is 0.263. The summed E-state index contributed by atoms with van der Waals surface area (Å²) in [5.74, 6) is -2.02. The van der Waals surface area contributed by atoms with E-state index in [4.69, 9.17) is 10.5 Å². The van der Waals surface area contributed by atoms with Crippen LogP contribution in [-0.2, 0) is 23.1 Å². The third-order valence-electron chi connectivity index (χ3n) is 5.01. The van der Waals surface area contributed by atoms with Crippen LogP contribution in [0.5, 0.6) is 11.5 Å². The fourth-order valence-corrected chi connectivity index (χ4v) is 3.96. The van der Waals surface area contributed by atoms with Crippen LogP contribution in [-0.4, -0.2) is 70.8 Å². The van der Waals surface area contributed by atoms with Crippen molar-refractivity contribution >= 4 is 36.8 Å². The van der Waals surface area contributed by atoms with Crippen molar-refractivity contribution in [1.29, 1.82) is 0 Å². The van der Waals surface area contributed by atoms with Gasteiger partial charge in [0.2, 0.25) is 0 Å². The van der Waals surface area contributed by atoms with Crippen molar-refractivity contribution in [3.63, 3.8) is 0 Å². The maximum Gasteiger partial charge on any atom is 0.336 e. The molecule has 1 saturated heterocycles. The summed E-state index contributed by atoms with van der Waals surface area (Å²) >= 11 is 0. The van der Waals surface area contributed by atoms with Gasteiger partial charge in [0.05, 0.1) is 12.9 Å². The predicted octanol–water partition coefficient (Wildman–Crippen LogP) is -0.820. The topological polar surface area (TPSA) is 235 Å². The van der Waals surface area contributed by atoms with Crippen LogP contribution in [0.4, 0.5) is 5.82 Å². The molecule has 0 spiro atoms. The van der Waals surface area contributed by atoms with Crippen molar-refractivity contribution in [3.05, 3.63) is 42.5 Å². The van der Waals surface area contributed by atoms with E-state index < -0.39 is 50.7 Å². The SMILES string of the molecule is Nc1ncnc2c1ncn2[C@@H]1O[C@H](COP(=O)([O-])OC(=O)/C=C/c2ccc(O)c(O)c2)[C@@H](O)[C@H]1O. The number of rotatable bonds is 7. The Morgan fingerprint density at radius 3 is 2.74 bits per heavy atom. The number of aliphatic hydroxyl groups excluding tert-OH is 2. The monoisotopic (exact) mass is 508 g/mol. The average molecular weight is 508 g/mol. The molecule has 1 aliphatic rings. The maximum atomic E-state index is 12.0. The first-order valence-electron chi connectivity index (χ1n) is 9.89. The second-order valence-corrected chi connectivity index (χ2v) is 8.70. The molecule has 15 nitrogen and oxygen atoms in total. The molecule has 3 heterocycles. The Morgan fingerprint density at radius 1 is 1.23 bits per heavy atom. The number of phosphoric ester groups is 1. The van der Waals surface area contributed by atoms with Crippen molar-refractivity contribution in [2.24, 2.45) is 0 Å². The normalized spacial score (nSPS) is 24.1. The van der Waals surface area contributed by atoms with Crippen LogP contribution in [0.25, 0.3) is 17.2 Å². The Balaban J connectivity index is 1.37. The van der Waals surface area contributed by atoms with Gasteiger partial charge in [-0.05, 0) is 23.8 Å². The van der Waals surface area contributed by atoms with Gasteiger partial charge in [0.1, 0.15) is 30.2 Å². The molecule has 35 heavy (non-hydrogen) atoms. The van der Waals surface area contributed by atoms with Crippen LogP contribution < -0.4 is 10.6 Å². The number of aliphatic hydroxyl groups is 2. The number of ether oxygens (including phenoxy) is 1. The third-order valence-corrected chi connectivity index (χ3v) is 5.88. The molecule has 3 aromatic rings. The first-order valence-corrected chi connectivity index (χ1v) is 11.4. The summed E-state index contributed by atoms with van der Waals surface area (Å²) < 4.78 is 27.8. The van der Waals surface area contributed by atoms with Gasteiger partial charge in [-0.2, -0.15) is 0 Å². The van der Waals surface area contributed by atoms with Crippen LogP contribution in [0.2, 0.25) is 0 Å². The first kappa shape index (κ1) is 24.5. The number of aromatic nitrogens is 4. The fourth-order valence-electron chi connectivity index (χ4n) is 3.29. The van der Waals surface area contributed by atoms with Gasteiger partial charge in [0.25, 0.3) is 0 Å². The molecule has 2 aromatic heterocycles. The van der Waals surface area contributed by atoms with Crippen molar-refractivity contribution in [3.8, 4) is 11.5 Å². The Bertz CT molecular complexity index is 1330. The molecule has 186 valence electrons. The number of phosphoric acid groups is 1. The summed E-state index contributed by atoms with van der Waals surface area (Å²) in [4.78, 5) is 35.7. The van der Waals surface area contributed by atoms with Gasteiger partial charge in [-0.1, -0.05) is 6.07 Å². The number of phenolic OH excluding ortho intramolecular Hbond substituents is 2. The minimum atomic E-state index is -5.18. The molecule has 5 atom stereocenters. The summed E-state index contributed by atoms with van der Waals surface area (Å²) in [6.07, 6.45) is -1.24. The summed E-state index contributed by atoms with van der Waals surface area (Å²) in [5, 5.41) is 39.4. The number of fused-ring (bicyclic) bond motifs is 1. The standard InChI is InChI=1S/C19H20N5O10P/c20-17-14-18(22-7-21-17)24(8-23-14)19-16(29)15(28)12(33-19)6-32-35(30,31)34-13(27)4-2-9-1-3-10(25)11(26)5-9/h1-5,7-8,12,15-16,19,25-26,28-29H,6H2,(H,30,31)(H2,20,21,22)/p-1/b4-2+/t12-,15-,16-,19-/m1/s1. The number of carbonyl (C=O) groups excluding carboxylic acids is 1. The molecule has 1 aliphatic heterocycles. The van der Waals surface area contributed by atoms with E-state index in [9.17, 15) is 34.7 Å². The molecule has 16 heteroatoms. The number of phenols is 2. The van der Waals surface area contributed by atoms with Crippen LogP contribution >= 0.6 is 7.82 Å². The lowest BCUT2D eigenvalue weighted by Crippen LogP contribution is -2.34. The molecule has 0 saturated carbocycles. The number of nitrogen functional groups attached to an aromatic ring is 1. The molecule has 1 fully saturated rings. The molecular formula is C19H19N5O10P-. The van der Waals surface area contributed by atoms with E-state index in [1.807, 2.05) is 0 Å². The smallest absolute Gasteiger partial charge is 0.336 e. The zero-order chi connectivity index (χ0) is 25.3. The quantitative estimate of drug-likeness (QED) is 0.149. The van der Waals surface area contributed by atoms with E-state index in [0.717, 1.165) is 18.2 Å². The number of aromatic hydroxyl groups is 2. The van der Waals surface area contributed by atoms with Crippen molar-refractivity contribution in [2.45, 2.75) is 24.5 Å². The van der Waals surface area contributed by atoms with Gasteiger partial charge in [0, 0.05) is 6.08 Å². The van der Waals surface area contributed by atoms with Gasteiger partial charge in [-0.25, -0.2) is 19.7 Å². The van der Waals surface area contributed by atoms with Crippen molar-refractivity contribution in [1.82, 2.24) is 19.5 Å². The molecule has 0 aliphatic carbocycles. The van der Waals surface area contributed by atoms with Crippen molar-refractivity contribution < 1.29 is 48.5 Å². The van der Waals surface area contributed by atoms with Gasteiger partial charge in [0.15, 0.2) is 29.2 Å². The number of anilines is 1. The number of hydrogen-bond acceptors (Lipinski definition) is 14. The van der Waals surface area contributed by atoms with E-state index in [2.05, 4.69) is 24.0 Å². The maximum absolute atomic E-state index is 12.0. The van der Waals surface area contributed by atoms with E-state index in [1.165, 1.54) is 29.4 Å². The van der Waals surface area contributed by atoms with Gasteiger partial charge in [-0.3, -0.25) is 9.13 Å². The molecular weight excluding hydrogens is 489 g/mol. The first-order chi connectivity index (χ1) is 16.6. The van der Waals surface area contributed by atoms with E-state index >= 15 is 0 Å². The number of nitrogens with two attached hydrogens (primary N) is 1. The Kier molecular flexibility index (Phi) is 6.71. The minimum Gasteiger partial charge on any atom is -0.746 e. The lowest BCUT2D eigenvalue weighted by Gasteiger charge is -2.23. The van der Waals surface area contributed by atoms with Gasteiger partial charge in [-0.15, -0.1) is 0 Å². The molecule has 0 radical (unpaired) electrons. The van der Waals surface area contributed by atoms with Gasteiger partial charge < -0.3 is 44.8 Å². The highest BCUT2D eigenvalue weighted by molar-refractivity contribution is 7.46. The Hall–Kier alpha value is -3.59. The highest BCUT2D eigenvalue weighted by Crippen LogP contribution is 2.41. The van der Waals surface area contributed by atoms with Crippen LogP contribution in [0, 0.1) is 0 Å². The highest BCUT2D eigenvalue weighted by Gasteiger charge is 2.45. The lowest BCUT2D eigenvalue weighted by atomic mass is 10.1. The molecule has 0 bridgehead atoms. The van der Waals surface area contributed by atoms with Crippen LogP contribution in [0.15, 0.2) is 36.9 Å². The molecule has 1 unspecified atom stereocenters. The van der Waals surface area contributed by atoms with E-state index in [0.29, 0.717) is 0 Å². The van der Waals surface area contributed by atoms with Gasteiger partial charge >= 0.3 is 13.8 Å². The van der Waals surface area contributed by atoms with Crippen LogP contribution in [0.3, 0.4) is 0 Å². The average Bonchev–Trinajstić information content (AvgIpc) is 3.35. The summed E-state index contributed by atoms with van der Waals surface area (Å²) in [7, 11) is -5.18. The van der Waals surface area contributed by atoms with Crippen molar-refractivity contribution in [2.75, 3.05) is 12.3 Å².